The lowest BCUT2D eigenvalue weighted by molar-refractivity contribution is -0.668. The summed E-state index contributed by atoms with van der Waals surface area (Å²) in [5.74, 6) is 0. The highest BCUT2D eigenvalue weighted by molar-refractivity contribution is 7.10. The summed E-state index contributed by atoms with van der Waals surface area (Å²) < 4.78 is 4.48. The molecule has 0 spiro atoms. The van der Waals surface area contributed by atoms with E-state index in [1.807, 2.05) is 0 Å². The Morgan fingerprint density at radius 2 is 1.59 bits per heavy atom. The Hall–Kier alpha value is -3.17. The highest BCUT2D eigenvalue weighted by atomic mass is 32.1. The van der Waals surface area contributed by atoms with Crippen molar-refractivity contribution in [3.05, 3.63) is 94.9 Å². The average molecular weight is 367 g/mol. The molecule has 0 bridgehead atoms. The molecular formula is C24H19N2S+. The first-order chi connectivity index (χ1) is 13.3. The summed E-state index contributed by atoms with van der Waals surface area (Å²) in [6, 6.07) is 25.9. The monoisotopic (exact) mass is 367 g/mol. The van der Waals surface area contributed by atoms with Gasteiger partial charge in [0.2, 0.25) is 0 Å². The van der Waals surface area contributed by atoms with E-state index in [-0.39, 0.29) is 0 Å². The summed E-state index contributed by atoms with van der Waals surface area (Å²) in [6.45, 7) is 0. The van der Waals surface area contributed by atoms with Gasteiger partial charge in [-0.25, -0.2) is 0 Å². The van der Waals surface area contributed by atoms with E-state index < -0.39 is 0 Å². The van der Waals surface area contributed by atoms with E-state index in [1.165, 1.54) is 38.1 Å². The molecule has 0 fully saturated rings. The van der Waals surface area contributed by atoms with Crippen molar-refractivity contribution in [3.63, 3.8) is 0 Å². The van der Waals surface area contributed by atoms with Crippen molar-refractivity contribution in [3.8, 4) is 5.69 Å². The molecule has 0 aliphatic rings. The third-order valence-corrected chi connectivity index (χ3v) is 5.87. The van der Waals surface area contributed by atoms with E-state index in [2.05, 4.69) is 113 Å². The summed E-state index contributed by atoms with van der Waals surface area (Å²) >= 11 is 1.75. The highest BCUT2D eigenvalue weighted by Gasteiger charge is 2.12. The zero-order valence-electron chi connectivity index (χ0n) is 15.0. The predicted octanol–water partition coefficient (Wildman–Crippen LogP) is 5.84. The zero-order chi connectivity index (χ0) is 18.2. The number of aromatic nitrogens is 2. The lowest BCUT2D eigenvalue weighted by Gasteiger charge is -2.07. The first-order valence-electron chi connectivity index (χ1n) is 9.01. The molecule has 3 aromatic carbocycles. The molecular weight excluding hydrogens is 348 g/mol. The topological polar surface area (TPSA) is 8.81 Å². The first-order valence-corrected chi connectivity index (χ1v) is 9.89. The van der Waals surface area contributed by atoms with Gasteiger partial charge < -0.3 is 4.57 Å². The molecule has 0 atom stereocenters. The van der Waals surface area contributed by atoms with Gasteiger partial charge in [-0.3, -0.25) is 0 Å². The number of aryl methyl sites for hydroxylation is 1. The minimum atomic E-state index is 1.19. The third kappa shape index (κ3) is 2.77. The van der Waals surface area contributed by atoms with Crippen molar-refractivity contribution in [1.29, 1.82) is 0 Å². The van der Waals surface area contributed by atoms with Gasteiger partial charge in [0.15, 0.2) is 6.20 Å². The SMILES string of the molecule is C[n+]1ccsc1/C=C/c1ccc2c(c1)c1ccccc1n2-c1ccccc1. The third-order valence-electron chi connectivity index (χ3n) is 4.95. The molecule has 0 unspecified atom stereocenters. The number of hydrogen-bond donors (Lipinski definition) is 0. The van der Waals surface area contributed by atoms with Crippen molar-refractivity contribution >= 4 is 45.3 Å². The minimum absolute atomic E-state index is 1.19. The van der Waals surface area contributed by atoms with Gasteiger partial charge in [0.05, 0.1) is 16.4 Å². The van der Waals surface area contributed by atoms with Crippen LogP contribution in [0.2, 0.25) is 0 Å². The van der Waals surface area contributed by atoms with Crippen LogP contribution in [0.15, 0.2) is 84.4 Å². The van der Waals surface area contributed by atoms with Gasteiger partial charge in [-0.15, -0.1) is 0 Å². The van der Waals surface area contributed by atoms with Crippen molar-refractivity contribution in [2.24, 2.45) is 7.05 Å². The van der Waals surface area contributed by atoms with Crippen LogP contribution in [0.1, 0.15) is 10.6 Å². The molecule has 0 saturated heterocycles. The van der Waals surface area contributed by atoms with Crippen molar-refractivity contribution < 1.29 is 4.57 Å². The molecule has 2 heterocycles. The smallest absolute Gasteiger partial charge is 0.261 e. The molecule has 0 aliphatic carbocycles. The maximum absolute atomic E-state index is 2.34. The molecule has 130 valence electrons. The molecule has 0 amide bonds. The highest BCUT2D eigenvalue weighted by Crippen LogP contribution is 2.32. The van der Waals surface area contributed by atoms with E-state index in [0.29, 0.717) is 0 Å². The maximum atomic E-state index is 2.34. The normalized spacial score (nSPS) is 11.7. The number of rotatable bonds is 3. The van der Waals surface area contributed by atoms with Gasteiger partial charge in [-0.1, -0.05) is 53.8 Å². The molecule has 0 aliphatic heterocycles. The summed E-state index contributed by atoms with van der Waals surface area (Å²) in [5.41, 5.74) is 4.88. The Kier molecular flexibility index (Phi) is 3.88. The molecule has 0 N–H and O–H groups in total. The molecule has 0 saturated carbocycles. The summed E-state index contributed by atoms with van der Waals surface area (Å²) in [6.07, 6.45) is 6.46. The number of para-hydroxylation sites is 2. The van der Waals surface area contributed by atoms with Crippen LogP contribution < -0.4 is 4.57 Å². The zero-order valence-corrected chi connectivity index (χ0v) is 15.9. The van der Waals surface area contributed by atoms with E-state index in [9.17, 15) is 0 Å². The number of thiazole rings is 1. The van der Waals surface area contributed by atoms with Crippen LogP contribution in [0, 0.1) is 0 Å². The fourth-order valence-corrected chi connectivity index (χ4v) is 4.38. The second kappa shape index (κ2) is 6.53. The second-order valence-electron chi connectivity index (χ2n) is 6.65. The Bertz CT molecular complexity index is 1280. The molecule has 3 heteroatoms. The van der Waals surface area contributed by atoms with E-state index in [0.717, 1.165) is 0 Å². The standard InChI is InChI=1S/C24H19N2S/c1-25-15-16-27-24(25)14-12-18-11-13-23-21(17-18)20-9-5-6-10-22(20)26(23)19-7-3-2-4-8-19/h2-17H,1H3/q+1. The van der Waals surface area contributed by atoms with Crippen LogP contribution in [-0.2, 0) is 7.05 Å². The lowest BCUT2D eigenvalue weighted by atomic mass is 10.1. The molecule has 0 radical (unpaired) electrons. The number of hydrogen-bond acceptors (Lipinski definition) is 1. The Labute approximate surface area is 162 Å². The van der Waals surface area contributed by atoms with Gasteiger partial charge in [-0.2, -0.15) is 4.57 Å². The van der Waals surface area contributed by atoms with Gasteiger partial charge in [0, 0.05) is 22.5 Å². The van der Waals surface area contributed by atoms with Crippen molar-refractivity contribution in [1.82, 2.24) is 4.57 Å². The van der Waals surface area contributed by atoms with Crippen LogP contribution in [0.25, 0.3) is 39.6 Å². The fourth-order valence-electron chi connectivity index (χ4n) is 3.62. The van der Waals surface area contributed by atoms with Crippen LogP contribution in [0.4, 0.5) is 0 Å². The van der Waals surface area contributed by atoms with Gasteiger partial charge >= 0.3 is 0 Å². The number of benzene rings is 3. The van der Waals surface area contributed by atoms with Crippen LogP contribution in [0.3, 0.4) is 0 Å². The molecule has 5 rings (SSSR count). The van der Waals surface area contributed by atoms with Gasteiger partial charge in [0.25, 0.3) is 5.01 Å². The number of fused-ring (bicyclic) bond motifs is 3. The quantitative estimate of drug-likeness (QED) is 0.354. The summed E-state index contributed by atoms with van der Waals surface area (Å²) in [7, 11) is 2.08. The van der Waals surface area contributed by atoms with Crippen molar-refractivity contribution in [2.75, 3.05) is 0 Å². The molecule has 2 nitrogen and oxygen atoms in total. The van der Waals surface area contributed by atoms with Crippen molar-refractivity contribution in [2.45, 2.75) is 0 Å². The Balaban J connectivity index is 1.71. The summed E-state index contributed by atoms with van der Waals surface area (Å²) in [4.78, 5) is 0. The fraction of sp³-hybridized carbons (Fsp3) is 0.0417. The number of nitrogens with zero attached hydrogens (tertiary/aromatic N) is 2. The van der Waals surface area contributed by atoms with E-state index >= 15 is 0 Å². The first kappa shape index (κ1) is 16.0. The summed E-state index contributed by atoms with van der Waals surface area (Å²) in [5, 5.41) is 5.92. The van der Waals surface area contributed by atoms with Crippen LogP contribution >= 0.6 is 11.3 Å². The van der Waals surface area contributed by atoms with Crippen LogP contribution in [-0.4, -0.2) is 4.57 Å². The van der Waals surface area contributed by atoms with E-state index in [1.54, 1.807) is 11.3 Å². The average Bonchev–Trinajstić information content (AvgIpc) is 3.27. The Morgan fingerprint density at radius 1 is 0.815 bits per heavy atom. The Morgan fingerprint density at radius 3 is 2.41 bits per heavy atom. The van der Waals surface area contributed by atoms with E-state index in [4.69, 9.17) is 0 Å². The predicted molar refractivity (Wildman–Crippen MR) is 115 cm³/mol. The maximum Gasteiger partial charge on any atom is 0.261 e. The van der Waals surface area contributed by atoms with Crippen LogP contribution in [0.5, 0.6) is 0 Å². The largest absolute Gasteiger partial charge is 0.309 e. The lowest BCUT2D eigenvalue weighted by Crippen LogP contribution is -2.26. The molecule has 5 aromatic rings. The molecule has 27 heavy (non-hydrogen) atoms. The van der Waals surface area contributed by atoms with Gasteiger partial charge in [-0.05, 0) is 42.0 Å². The second-order valence-corrected chi connectivity index (χ2v) is 7.58. The molecule has 2 aromatic heterocycles. The minimum Gasteiger partial charge on any atom is -0.309 e. The van der Waals surface area contributed by atoms with Gasteiger partial charge in [0.1, 0.15) is 7.05 Å².